The van der Waals surface area contributed by atoms with Crippen LogP contribution >= 0.6 is 0 Å². The topological polar surface area (TPSA) is 77.0 Å². The highest BCUT2D eigenvalue weighted by Crippen LogP contribution is 2.29. The number of rotatable bonds is 2. The van der Waals surface area contributed by atoms with Gasteiger partial charge in [-0.25, -0.2) is 0 Å². The van der Waals surface area contributed by atoms with Crippen molar-refractivity contribution in [1.29, 1.82) is 0 Å². The number of nitrogens with zero attached hydrogens (tertiary/aromatic N) is 4. The van der Waals surface area contributed by atoms with Gasteiger partial charge in [0.25, 0.3) is 0 Å². The summed E-state index contributed by atoms with van der Waals surface area (Å²) >= 11 is 0. The number of pyridine rings is 1. The molecule has 0 saturated carbocycles. The molecular weight excluding hydrogens is 296 g/mol. The molecule has 1 aromatic rings. The molecule has 1 N–H and O–H groups in total. The van der Waals surface area contributed by atoms with E-state index >= 15 is 0 Å². The van der Waals surface area contributed by atoms with E-state index in [0.717, 1.165) is 12.2 Å². The number of carbonyl (C=O) groups excluding carboxylic acids is 2. The molecule has 4 rings (SSSR count). The van der Waals surface area contributed by atoms with Gasteiger partial charge in [-0.1, -0.05) is 6.07 Å². The molecule has 3 saturated heterocycles. The summed E-state index contributed by atoms with van der Waals surface area (Å²) in [6.07, 6.45) is 1.54. The molecule has 2 amide bonds. The first-order valence-electron chi connectivity index (χ1n) is 8.05. The zero-order chi connectivity index (χ0) is 16.0. The Hall–Kier alpha value is -1.99. The van der Waals surface area contributed by atoms with Gasteiger partial charge in [-0.2, -0.15) is 0 Å². The van der Waals surface area contributed by atoms with Crippen LogP contribution in [0.5, 0.6) is 0 Å². The van der Waals surface area contributed by atoms with Crippen LogP contribution in [0.1, 0.15) is 12.1 Å². The van der Waals surface area contributed by atoms with Crippen molar-refractivity contribution in [3.63, 3.8) is 0 Å². The molecular formula is C16H20N4O3. The van der Waals surface area contributed by atoms with Crippen LogP contribution in [-0.4, -0.2) is 81.0 Å². The lowest BCUT2D eigenvalue weighted by molar-refractivity contribution is -0.163. The van der Waals surface area contributed by atoms with Gasteiger partial charge < -0.3 is 14.9 Å². The number of aromatic nitrogens is 1. The summed E-state index contributed by atoms with van der Waals surface area (Å²) in [6, 6.07) is 4.90. The lowest BCUT2D eigenvalue weighted by Gasteiger charge is -2.47. The molecule has 4 heterocycles. The summed E-state index contributed by atoms with van der Waals surface area (Å²) in [5.41, 5.74) is 0.963. The average molecular weight is 316 g/mol. The van der Waals surface area contributed by atoms with E-state index in [1.54, 1.807) is 16.0 Å². The Kier molecular flexibility index (Phi) is 3.54. The minimum Gasteiger partial charge on any atom is -0.391 e. The van der Waals surface area contributed by atoms with Gasteiger partial charge >= 0.3 is 0 Å². The van der Waals surface area contributed by atoms with Crippen molar-refractivity contribution < 1.29 is 14.7 Å². The number of hydrogen-bond acceptors (Lipinski definition) is 5. The van der Waals surface area contributed by atoms with Gasteiger partial charge in [0.15, 0.2) is 0 Å². The Labute approximate surface area is 134 Å². The molecule has 7 nitrogen and oxygen atoms in total. The Morgan fingerprint density at radius 3 is 2.70 bits per heavy atom. The molecule has 0 bridgehead atoms. The van der Waals surface area contributed by atoms with Crippen molar-refractivity contribution in [2.75, 3.05) is 26.2 Å². The highest BCUT2D eigenvalue weighted by molar-refractivity contribution is 5.97. The fourth-order valence-electron chi connectivity index (χ4n) is 3.85. The van der Waals surface area contributed by atoms with Crippen LogP contribution < -0.4 is 0 Å². The molecule has 0 radical (unpaired) electrons. The summed E-state index contributed by atoms with van der Waals surface area (Å²) in [6.45, 7) is 2.78. The molecule has 3 aliphatic heterocycles. The van der Waals surface area contributed by atoms with E-state index in [1.165, 1.54) is 0 Å². The van der Waals surface area contributed by atoms with Crippen LogP contribution in [-0.2, 0) is 16.1 Å². The third-order valence-electron chi connectivity index (χ3n) is 4.99. The monoisotopic (exact) mass is 316 g/mol. The first-order chi connectivity index (χ1) is 11.1. The maximum absolute atomic E-state index is 12.7. The fraction of sp³-hybridized carbons (Fsp3) is 0.562. The quantitative estimate of drug-likeness (QED) is 0.763. The van der Waals surface area contributed by atoms with Crippen LogP contribution in [0.4, 0.5) is 0 Å². The number of piperazine rings is 2. The number of amides is 2. The molecule has 0 aromatic carbocycles. The molecule has 3 fully saturated rings. The van der Waals surface area contributed by atoms with Gasteiger partial charge in [-0.3, -0.25) is 19.5 Å². The smallest absolute Gasteiger partial charge is 0.247 e. The largest absolute Gasteiger partial charge is 0.391 e. The predicted molar refractivity (Wildman–Crippen MR) is 81.1 cm³/mol. The second-order valence-electron chi connectivity index (χ2n) is 6.50. The van der Waals surface area contributed by atoms with Gasteiger partial charge in [0.1, 0.15) is 12.1 Å². The molecule has 122 valence electrons. The third kappa shape index (κ3) is 2.49. The summed E-state index contributed by atoms with van der Waals surface area (Å²) in [7, 11) is 0. The van der Waals surface area contributed by atoms with Crippen molar-refractivity contribution in [1.82, 2.24) is 19.7 Å². The predicted octanol–water partition coefficient (Wildman–Crippen LogP) is -0.930. The van der Waals surface area contributed by atoms with Crippen LogP contribution in [0.15, 0.2) is 24.4 Å². The van der Waals surface area contributed by atoms with E-state index in [-0.39, 0.29) is 18.4 Å². The normalized spacial score (nSPS) is 31.3. The lowest BCUT2D eigenvalue weighted by atomic mass is 10.0. The number of aliphatic hydroxyl groups is 1. The van der Waals surface area contributed by atoms with Crippen molar-refractivity contribution in [2.45, 2.75) is 31.2 Å². The Bertz CT molecular complexity index is 623. The molecule has 3 aliphatic rings. The molecule has 23 heavy (non-hydrogen) atoms. The molecule has 0 spiro atoms. The maximum Gasteiger partial charge on any atom is 0.247 e. The Morgan fingerprint density at radius 2 is 1.91 bits per heavy atom. The highest BCUT2D eigenvalue weighted by Gasteiger charge is 2.51. The zero-order valence-corrected chi connectivity index (χ0v) is 12.8. The maximum atomic E-state index is 12.7. The van der Waals surface area contributed by atoms with E-state index < -0.39 is 18.2 Å². The first kappa shape index (κ1) is 14.6. The molecule has 0 unspecified atom stereocenters. The van der Waals surface area contributed by atoms with E-state index in [1.807, 2.05) is 18.2 Å². The number of hydrogen-bond donors (Lipinski definition) is 1. The van der Waals surface area contributed by atoms with Crippen LogP contribution in [0, 0.1) is 0 Å². The summed E-state index contributed by atoms with van der Waals surface area (Å²) in [4.78, 5) is 35.1. The molecule has 0 aliphatic carbocycles. The van der Waals surface area contributed by atoms with Gasteiger partial charge in [0.2, 0.25) is 11.8 Å². The minimum atomic E-state index is -0.584. The zero-order valence-electron chi connectivity index (χ0n) is 12.8. The van der Waals surface area contributed by atoms with Gasteiger partial charge in [0.05, 0.1) is 11.8 Å². The highest BCUT2D eigenvalue weighted by atomic mass is 16.3. The second kappa shape index (κ2) is 5.58. The van der Waals surface area contributed by atoms with E-state index in [9.17, 15) is 14.7 Å². The van der Waals surface area contributed by atoms with Crippen LogP contribution in [0.3, 0.4) is 0 Å². The summed E-state index contributed by atoms with van der Waals surface area (Å²) < 4.78 is 0. The standard InChI is InChI=1S/C16H20N4O3/c21-12-7-13-15(22)19-6-5-18(8-11-3-1-2-4-17-11)10-14(19)16(23)20(13)9-12/h1-4,12-14,21H,5-10H2/t12-,13+,14-/m1/s1. The molecule has 1 aromatic heterocycles. The Morgan fingerprint density at radius 1 is 1.09 bits per heavy atom. The van der Waals surface area contributed by atoms with Gasteiger partial charge in [-0.05, 0) is 12.1 Å². The van der Waals surface area contributed by atoms with Gasteiger partial charge in [0, 0.05) is 45.3 Å². The van der Waals surface area contributed by atoms with E-state index in [0.29, 0.717) is 26.1 Å². The number of carbonyl (C=O) groups is 2. The number of fused-ring (bicyclic) bond motifs is 2. The first-order valence-corrected chi connectivity index (χ1v) is 8.05. The van der Waals surface area contributed by atoms with Crippen molar-refractivity contribution in [2.24, 2.45) is 0 Å². The van der Waals surface area contributed by atoms with Crippen molar-refractivity contribution in [3.05, 3.63) is 30.1 Å². The molecule has 7 heteroatoms. The average Bonchev–Trinajstić information content (AvgIpc) is 2.96. The van der Waals surface area contributed by atoms with Crippen LogP contribution in [0.25, 0.3) is 0 Å². The van der Waals surface area contributed by atoms with Crippen molar-refractivity contribution in [3.8, 4) is 0 Å². The minimum absolute atomic E-state index is 0.0105. The third-order valence-corrected chi connectivity index (χ3v) is 4.99. The lowest BCUT2D eigenvalue weighted by Crippen LogP contribution is -2.68. The molecule has 3 atom stereocenters. The van der Waals surface area contributed by atoms with E-state index in [4.69, 9.17) is 0 Å². The summed E-state index contributed by atoms with van der Waals surface area (Å²) in [5, 5.41) is 9.79. The fourth-order valence-corrected chi connectivity index (χ4v) is 3.85. The Balaban J connectivity index is 1.50. The van der Waals surface area contributed by atoms with Crippen molar-refractivity contribution >= 4 is 11.8 Å². The van der Waals surface area contributed by atoms with Crippen LogP contribution in [0.2, 0.25) is 0 Å². The SMILES string of the molecule is O=C1[C@@H]2C[C@@H](O)CN2C(=O)[C@H]2CN(Cc3ccccn3)CCN12. The van der Waals surface area contributed by atoms with Gasteiger partial charge in [-0.15, -0.1) is 0 Å². The summed E-state index contributed by atoms with van der Waals surface area (Å²) in [5.74, 6) is -0.0412. The van der Waals surface area contributed by atoms with E-state index in [2.05, 4.69) is 9.88 Å². The number of aliphatic hydroxyl groups excluding tert-OH is 1. The second-order valence-corrected chi connectivity index (χ2v) is 6.50.